The number of likely N-dealkylation sites (tertiary alicyclic amines) is 1. The van der Waals surface area contributed by atoms with Crippen molar-refractivity contribution in [3.05, 3.63) is 60.1 Å². The molecular formula is C20H26N2O3. The van der Waals surface area contributed by atoms with Crippen LogP contribution in [0, 0.1) is 0 Å². The minimum atomic E-state index is -0.484. The van der Waals surface area contributed by atoms with E-state index in [1.54, 1.807) is 18.2 Å². The van der Waals surface area contributed by atoms with Crippen molar-refractivity contribution < 1.29 is 14.3 Å². The van der Waals surface area contributed by atoms with Gasteiger partial charge in [-0.1, -0.05) is 30.3 Å². The molecule has 3 rings (SSSR count). The van der Waals surface area contributed by atoms with E-state index in [9.17, 15) is 9.90 Å². The molecule has 1 aromatic carbocycles. The Hall–Kier alpha value is -2.11. The van der Waals surface area contributed by atoms with Crippen molar-refractivity contribution in [3.63, 3.8) is 0 Å². The molecule has 2 unspecified atom stereocenters. The van der Waals surface area contributed by atoms with E-state index in [-0.39, 0.29) is 11.9 Å². The number of carbonyl (C=O) groups is 1. The molecule has 1 aliphatic heterocycles. The predicted octanol–water partition coefficient (Wildman–Crippen LogP) is 2.83. The lowest BCUT2D eigenvalue weighted by molar-refractivity contribution is -0.132. The fraction of sp³-hybridized carbons (Fsp3) is 0.450. The van der Waals surface area contributed by atoms with E-state index in [2.05, 4.69) is 4.90 Å². The summed E-state index contributed by atoms with van der Waals surface area (Å²) in [4.78, 5) is 16.4. The van der Waals surface area contributed by atoms with Gasteiger partial charge in [-0.3, -0.25) is 9.69 Å². The Bertz CT molecular complexity index is 657. The van der Waals surface area contributed by atoms with E-state index in [1.165, 1.54) is 0 Å². The smallest absolute Gasteiger partial charge is 0.236 e. The average Bonchev–Trinajstić information content (AvgIpc) is 3.28. The summed E-state index contributed by atoms with van der Waals surface area (Å²) in [6, 6.07) is 13.7. The lowest BCUT2D eigenvalue weighted by atomic mass is 10.0. The largest absolute Gasteiger partial charge is 0.467 e. The van der Waals surface area contributed by atoms with Crippen molar-refractivity contribution in [2.75, 3.05) is 20.1 Å². The molecule has 1 N–H and O–H groups in total. The van der Waals surface area contributed by atoms with Gasteiger partial charge in [-0.05, 0) is 43.5 Å². The third-order valence-corrected chi connectivity index (χ3v) is 4.92. The van der Waals surface area contributed by atoms with E-state index >= 15 is 0 Å². The fourth-order valence-electron chi connectivity index (χ4n) is 3.46. The summed E-state index contributed by atoms with van der Waals surface area (Å²) in [5.74, 6) is 0.867. The minimum Gasteiger partial charge on any atom is -0.467 e. The molecular weight excluding hydrogens is 316 g/mol. The van der Waals surface area contributed by atoms with Crippen LogP contribution in [0.5, 0.6) is 0 Å². The third-order valence-electron chi connectivity index (χ3n) is 4.92. The van der Waals surface area contributed by atoms with Crippen LogP contribution in [-0.2, 0) is 11.3 Å². The summed E-state index contributed by atoms with van der Waals surface area (Å²) in [6.07, 6.45) is 3.90. The molecule has 2 aromatic rings. The molecule has 0 aliphatic carbocycles. The zero-order chi connectivity index (χ0) is 17.6. The highest BCUT2D eigenvalue weighted by molar-refractivity contribution is 5.78. The van der Waals surface area contributed by atoms with Gasteiger partial charge in [-0.25, -0.2) is 0 Å². The number of likely N-dealkylation sites (N-methyl/N-ethyl adjacent to an activating group) is 1. The average molecular weight is 342 g/mol. The van der Waals surface area contributed by atoms with Crippen LogP contribution in [0.15, 0.2) is 53.1 Å². The molecule has 0 bridgehead atoms. The molecule has 2 atom stereocenters. The van der Waals surface area contributed by atoms with Crippen molar-refractivity contribution in [1.29, 1.82) is 0 Å². The zero-order valence-electron chi connectivity index (χ0n) is 14.7. The Morgan fingerprint density at radius 1 is 1.32 bits per heavy atom. The zero-order valence-corrected chi connectivity index (χ0v) is 14.7. The number of nitrogens with zero attached hydrogens (tertiary/aromatic N) is 2. The van der Waals surface area contributed by atoms with E-state index < -0.39 is 6.10 Å². The Kier molecular flexibility index (Phi) is 5.89. The summed E-state index contributed by atoms with van der Waals surface area (Å²) < 4.78 is 5.31. The maximum atomic E-state index is 12.5. The van der Waals surface area contributed by atoms with Gasteiger partial charge in [0.15, 0.2) is 0 Å². The predicted molar refractivity (Wildman–Crippen MR) is 95.8 cm³/mol. The second-order valence-corrected chi connectivity index (χ2v) is 6.76. The van der Waals surface area contributed by atoms with Crippen molar-refractivity contribution >= 4 is 5.91 Å². The van der Waals surface area contributed by atoms with E-state index in [0.29, 0.717) is 19.5 Å². The first-order valence-electron chi connectivity index (χ1n) is 8.87. The quantitative estimate of drug-likeness (QED) is 0.841. The SMILES string of the molecule is CN(Cc1ccco1)C(=O)CN1CCCC1CC(O)c1ccccc1. The fourth-order valence-corrected chi connectivity index (χ4v) is 3.46. The highest BCUT2D eigenvalue weighted by Gasteiger charge is 2.29. The van der Waals surface area contributed by atoms with Gasteiger partial charge in [0, 0.05) is 13.1 Å². The number of hydrogen-bond donors (Lipinski definition) is 1. The van der Waals surface area contributed by atoms with Crippen molar-refractivity contribution in [1.82, 2.24) is 9.80 Å². The van der Waals surface area contributed by atoms with Crippen molar-refractivity contribution in [2.24, 2.45) is 0 Å². The van der Waals surface area contributed by atoms with Gasteiger partial charge in [0.1, 0.15) is 5.76 Å². The highest BCUT2D eigenvalue weighted by Crippen LogP contribution is 2.27. The molecule has 1 saturated heterocycles. The highest BCUT2D eigenvalue weighted by atomic mass is 16.3. The Labute approximate surface area is 148 Å². The second-order valence-electron chi connectivity index (χ2n) is 6.76. The standard InChI is InChI=1S/C20H26N2O3/c1-21(14-18-10-6-12-25-18)20(24)15-22-11-5-9-17(22)13-19(23)16-7-3-2-4-8-16/h2-4,6-8,10,12,17,19,23H,5,9,11,13-15H2,1H3. The number of carbonyl (C=O) groups excluding carboxylic acids is 1. The Balaban J connectivity index is 1.53. The van der Waals surface area contributed by atoms with Crippen LogP contribution >= 0.6 is 0 Å². The molecule has 0 saturated carbocycles. The first-order valence-corrected chi connectivity index (χ1v) is 8.87. The van der Waals surface area contributed by atoms with Crippen LogP contribution in [0.25, 0.3) is 0 Å². The monoisotopic (exact) mass is 342 g/mol. The third kappa shape index (κ3) is 4.71. The molecule has 134 valence electrons. The van der Waals surface area contributed by atoms with Gasteiger partial charge in [0.05, 0.1) is 25.5 Å². The maximum absolute atomic E-state index is 12.5. The van der Waals surface area contributed by atoms with Crippen LogP contribution in [0.4, 0.5) is 0 Å². The maximum Gasteiger partial charge on any atom is 0.236 e. The van der Waals surface area contributed by atoms with Gasteiger partial charge in [0.25, 0.3) is 0 Å². The van der Waals surface area contributed by atoms with Gasteiger partial charge in [-0.2, -0.15) is 0 Å². The molecule has 0 spiro atoms. The van der Waals surface area contributed by atoms with Gasteiger partial charge in [-0.15, -0.1) is 0 Å². The first-order chi connectivity index (χ1) is 12.1. The summed E-state index contributed by atoms with van der Waals surface area (Å²) >= 11 is 0. The minimum absolute atomic E-state index is 0.0810. The molecule has 0 radical (unpaired) electrons. The van der Waals surface area contributed by atoms with Crippen LogP contribution in [0.2, 0.25) is 0 Å². The number of amides is 1. The Morgan fingerprint density at radius 3 is 2.84 bits per heavy atom. The first kappa shape index (κ1) is 17.7. The lowest BCUT2D eigenvalue weighted by Gasteiger charge is -2.27. The topological polar surface area (TPSA) is 56.9 Å². The summed E-state index contributed by atoms with van der Waals surface area (Å²) in [6.45, 7) is 1.78. The lowest BCUT2D eigenvalue weighted by Crippen LogP contribution is -2.40. The number of rotatable bonds is 7. The molecule has 1 fully saturated rings. The van der Waals surface area contributed by atoms with Gasteiger partial charge >= 0.3 is 0 Å². The van der Waals surface area contributed by atoms with Gasteiger partial charge < -0.3 is 14.4 Å². The Morgan fingerprint density at radius 2 is 2.12 bits per heavy atom. The molecule has 1 amide bonds. The van der Waals surface area contributed by atoms with Crippen LogP contribution in [0.1, 0.15) is 36.7 Å². The summed E-state index contributed by atoms with van der Waals surface area (Å²) in [5, 5.41) is 10.5. The number of furan rings is 1. The second kappa shape index (κ2) is 8.32. The number of aliphatic hydroxyl groups is 1. The summed E-state index contributed by atoms with van der Waals surface area (Å²) in [5.41, 5.74) is 0.940. The van der Waals surface area contributed by atoms with Gasteiger partial charge in [0.2, 0.25) is 5.91 Å². The van der Waals surface area contributed by atoms with Crippen LogP contribution < -0.4 is 0 Å². The van der Waals surface area contributed by atoms with Crippen molar-refractivity contribution in [3.8, 4) is 0 Å². The van der Waals surface area contributed by atoms with E-state index in [4.69, 9.17) is 4.42 Å². The van der Waals surface area contributed by atoms with E-state index in [1.807, 2.05) is 42.5 Å². The molecule has 2 heterocycles. The molecule has 5 heteroatoms. The number of benzene rings is 1. The normalized spacial score (nSPS) is 19.0. The number of hydrogen-bond acceptors (Lipinski definition) is 4. The summed E-state index contributed by atoms with van der Waals surface area (Å²) in [7, 11) is 1.80. The molecule has 25 heavy (non-hydrogen) atoms. The van der Waals surface area contributed by atoms with E-state index in [0.717, 1.165) is 30.7 Å². The molecule has 1 aromatic heterocycles. The molecule has 1 aliphatic rings. The number of aliphatic hydroxyl groups excluding tert-OH is 1. The van der Waals surface area contributed by atoms with Crippen LogP contribution in [0.3, 0.4) is 0 Å². The molecule has 5 nitrogen and oxygen atoms in total. The van der Waals surface area contributed by atoms with Crippen LogP contribution in [-0.4, -0.2) is 47.0 Å². The van der Waals surface area contributed by atoms with Crippen molar-refractivity contribution in [2.45, 2.75) is 38.0 Å².